The highest BCUT2D eigenvalue weighted by atomic mass is 16.5. The van der Waals surface area contributed by atoms with Crippen molar-refractivity contribution >= 4 is 6.09 Å². The molecule has 3 aromatic carbocycles. The van der Waals surface area contributed by atoms with Gasteiger partial charge in [0.05, 0.1) is 0 Å². The number of carbonyl (C=O) groups excluding carboxylic acids is 1. The van der Waals surface area contributed by atoms with Gasteiger partial charge in [0.2, 0.25) is 0 Å². The zero-order valence-electron chi connectivity index (χ0n) is 18.7. The molecule has 1 fully saturated rings. The summed E-state index contributed by atoms with van der Waals surface area (Å²) in [5, 5.41) is 16.8. The second kappa shape index (κ2) is 8.94. The maximum Gasteiger partial charge on any atom is 0.408 e. The third kappa shape index (κ3) is 3.75. The smallest absolute Gasteiger partial charge is 0.408 e. The lowest BCUT2D eigenvalue weighted by Crippen LogP contribution is -2.40. The van der Waals surface area contributed by atoms with Crippen molar-refractivity contribution in [1.82, 2.24) is 25.5 Å². The third-order valence-corrected chi connectivity index (χ3v) is 6.14. The van der Waals surface area contributed by atoms with Gasteiger partial charge in [0.25, 0.3) is 0 Å². The largest absolute Gasteiger partial charge is 0.445 e. The monoisotopic (exact) mass is 451 g/mol. The maximum atomic E-state index is 12.2. The first-order valence-corrected chi connectivity index (χ1v) is 11.2. The topological polar surface area (TPSA) is 81.9 Å². The fourth-order valence-electron chi connectivity index (χ4n) is 4.33. The van der Waals surface area contributed by atoms with Gasteiger partial charge in [-0.3, -0.25) is 0 Å². The van der Waals surface area contributed by atoms with Gasteiger partial charge in [-0.1, -0.05) is 104 Å². The van der Waals surface area contributed by atoms with Gasteiger partial charge in [-0.2, -0.15) is 0 Å². The van der Waals surface area contributed by atoms with Crippen molar-refractivity contribution in [2.75, 3.05) is 6.61 Å². The Balaban J connectivity index is 1.66. The number of benzene rings is 3. The van der Waals surface area contributed by atoms with Crippen molar-refractivity contribution in [2.45, 2.75) is 23.9 Å². The van der Waals surface area contributed by atoms with E-state index in [0.29, 0.717) is 5.82 Å². The summed E-state index contributed by atoms with van der Waals surface area (Å²) in [6.07, 6.45) is 2.45. The molecule has 0 unspecified atom stereocenters. The summed E-state index contributed by atoms with van der Waals surface area (Å²) in [7, 11) is 0. The molecular formula is C27H25N5O2. The van der Waals surface area contributed by atoms with Crippen LogP contribution in [0.5, 0.6) is 0 Å². The molecule has 5 rings (SSSR count). The zero-order valence-corrected chi connectivity index (χ0v) is 18.7. The number of carbonyl (C=O) groups is 1. The van der Waals surface area contributed by atoms with Crippen LogP contribution in [0.4, 0.5) is 4.79 Å². The van der Waals surface area contributed by atoms with E-state index in [2.05, 4.69) is 58.6 Å². The normalized spacial score (nSPS) is 14.2. The molecule has 1 amide bonds. The van der Waals surface area contributed by atoms with Gasteiger partial charge in [0.1, 0.15) is 12.1 Å². The average Bonchev–Trinajstić information content (AvgIpc) is 3.49. The van der Waals surface area contributed by atoms with Gasteiger partial charge in [0.15, 0.2) is 11.4 Å². The van der Waals surface area contributed by atoms with Crippen LogP contribution in [0.15, 0.2) is 104 Å². The van der Waals surface area contributed by atoms with Crippen molar-refractivity contribution in [2.24, 2.45) is 0 Å². The van der Waals surface area contributed by atoms with Crippen LogP contribution in [0.3, 0.4) is 0 Å². The van der Waals surface area contributed by atoms with Crippen LogP contribution in [-0.4, -0.2) is 32.9 Å². The van der Waals surface area contributed by atoms with Gasteiger partial charge in [-0.05, 0) is 34.7 Å². The molecule has 1 aromatic heterocycles. The van der Waals surface area contributed by atoms with E-state index in [1.54, 1.807) is 4.80 Å². The molecule has 4 aromatic rings. The number of hydrogen-bond donors (Lipinski definition) is 1. The molecule has 0 saturated heterocycles. The molecule has 1 heterocycles. The summed E-state index contributed by atoms with van der Waals surface area (Å²) in [6.45, 7) is 3.72. The Morgan fingerprint density at radius 2 is 1.44 bits per heavy atom. The van der Waals surface area contributed by atoms with E-state index in [4.69, 9.17) is 9.84 Å². The highest BCUT2D eigenvalue weighted by molar-refractivity contribution is 5.69. The van der Waals surface area contributed by atoms with Crippen molar-refractivity contribution in [3.05, 3.63) is 126 Å². The summed E-state index contributed by atoms with van der Waals surface area (Å²) in [5.74, 6) is 0.468. The molecule has 1 aliphatic carbocycles. The van der Waals surface area contributed by atoms with E-state index in [9.17, 15) is 4.79 Å². The Morgan fingerprint density at radius 3 is 1.88 bits per heavy atom. The molecule has 1 saturated carbocycles. The molecule has 1 aliphatic rings. The van der Waals surface area contributed by atoms with Gasteiger partial charge in [0, 0.05) is 0 Å². The number of aromatic nitrogens is 4. The van der Waals surface area contributed by atoms with Crippen molar-refractivity contribution < 1.29 is 9.53 Å². The van der Waals surface area contributed by atoms with Gasteiger partial charge >= 0.3 is 6.09 Å². The molecule has 34 heavy (non-hydrogen) atoms. The molecule has 0 spiro atoms. The first-order chi connectivity index (χ1) is 16.7. The maximum absolute atomic E-state index is 12.2. The Morgan fingerprint density at radius 1 is 0.941 bits per heavy atom. The minimum atomic E-state index is -0.853. The molecule has 1 N–H and O–H groups in total. The van der Waals surface area contributed by atoms with Gasteiger partial charge < -0.3 is 10.1 Å². The first kappa shape index (κ1) is 21.6. The number of hydrogen-bond acceptors (Lipinski definition) is 5. The van der Waals surface area contributed by atoms with Crippen LogP contribution in [0.2, 0.25) is 0 Å². The number of tetrazole rings is 1. The van der Waals surface area contributed by atoms with Crippen LogP contribution in [0, 0.1) is 0 Å². The average molecular weight is 452 g/mol. The Bertz CT molecular complexity index is 1170. The zero-order chi connectivity index (χ0) is 23.4. The second-order valence-corrected chi connectivity index (χ2v) is 8.31. The van der Waals surface area contributed by atoms with E-state index in [1.807, 2.05) is 54.6 Å². The molecule has 170 valence electrons. The van der Waals surface area contributed by atoms with Crippen molar-refractivity contribution in [3.8, 4) is 0 Å². The van der Waals surface area contributed by atoms with E-state index in [1.165, 1.54) is 6.08 Å². The molecule has 0 atom stereocenters. The molecule has 7 nitrogen and oxygen atoms in total. The summed E-state index contributed by atoms with van der Waals surface area (Å²) in [4.78, 5) is 13.9. The highest BCUT2D eigenvalue weighted by Gasteiger charge is 2.51. The first-order valence-electron chi connectivity index (χ1n) is 11.2. The molecule has 0 aliphatic heterocycles. The Labute approximate surface area is 198 Å². The van der Waals surface area contributed by atoms with E-state index in [-0.39, 0.29) is 6.61 Å². The van der Waals surface area contributed by atoms with Crippen LogP contribution in [0.1, 0.15) is 35.4 Å². The van der Waals surface area contributed by atoms with Crippen LogP contribution in [-0.2, 0) is 15.8 Å². The SMILES string of the molecule is C=CCOC(=O)NC1(c2nnn(C(c3ccccc3)(c3ccccc3)c3ccccc3)n2)CC1. The van der Waals surface area contributed by atoms with E-state index >= 15 is 0 Å². The van der Waals surface area contributed by atoms with Crippen LogP contribution >= 0.6 is 0 Å². The molecule has 0 bridgehead atoms. The summed E-state index contributed by atoms with van der Waals surface area (Å²) in [5.41, 5.74) is 1.47. The standard InChI is InChI=1S/C27H25N5O2/c1-2-20-34-25(33)28-26(18-19-26)24-29-31-32(30-24)27(21-12-6-3-7-13-21,22-14-8-4-9-15-22)23-16-10-5-11-17-23/h2-17H,1,18-20H2,(H,28,33). The molecular weight excluding hydrogens is 426 g/mol. The lowest BCUT2D eigenvalue weighted by Gasteiger charge is -2.34. The fraction of sp³-hybridized carbons (Fsp3) is 0.185. The van der Waals surface area contributed by atoms with Crippen molar-refractivity contribution in [1.29, 1.82) is 0 Å². The number of rotatable bonds is 8. The minimum Gasteiger partial charge on any atom is -0.445 e. The summed E-state index contributed by atoms with van der Waals surface area (Å²) >= 11 is 0. The summed E-state index contributed by atoms with van der Waals surface area (Å²) < 4.78 is 5.12. The lowest BCUT2D eigenvalue weighted by atomic mass is 9.77. The number of nitrogens with zero attached hydrogens (tertiary/aromatic N) is 4. The number of nitrogens with one attached hydrogen (secondary N) is 1. The van der Waals surface area contributed by atoms with Gasteiger partial charge in [-0.15, -0.1) is 15.0 Å². The molecule has 0 radical (unpaired) electrons. The Kier molecular flexibility index (Phi) is 5.67. The van der Waals surface area contributed by atoms with Gasteiger partial charge in [-0.25, -0.2) is 4.79 Å². The third-order valence-electron chi connectivity index (χ3n) is 6.14. The quantitative estimate of drug-likeness (QED) is 0.317. The number of amides is 1. The number of ether oxygens (including phenoxy) is 1. The predicted octanol–water partition coefficient (Wildman–Crippen LogP) is 4.41. The highest BCUT2D eigenvalue weighted by Crippen LogP contribution is 2.45. The number of alkyl carbamates (subject to hydrolysis) is 1. The van der Waals surface area contributed by atoms with Crippen LogP contribution < -0.4 is 5.32 Å². The fourth-order valence-corrected chi connectivity index (χ4v) is 4.33. The van der Waals surface area contributed by atoms with E-state index in [0.717, 1.165) is 29.5 Å². The predicted molar refractivity (Wildman–Crippen MR) is 128 cm³/mol. The molecule has 7 heteroatoms. The second-order valence-electron chi connectivity index (χ2n) is 8.31. The van der Waals surface area contributed by atoms with E-state index < -0.39 is 17.2 Å². The van der Waals surface area contributed by atoms with Crippen molar-refractivity contribution in [3.63, 3.8) is 0 Å². The summed E-state index contributed by atoms with van der Waals surface area (Å²) in [6, 6.07) is 30.4. The van der Waals surface area contributed by atoms with Crippen LogP contribution in [0.25, 0.3) is 0 Å². The minimum absolute atomic E-state index is 0.140. The Hall–Kier alpha value is -4.26. The lowest BCUT2D eigenvalue weighted by molar-refractivity contribution is 0.152.